The summed E-state index contributed by atoms with van der Waals surface area (Å²) in [5, 5.41) is 5.08. The van der Waals surface area contributed by atoms with Crippen molar-refractivity contribution >= 4 is 40.2 Å². The van der Waals surface area contributed by atoms with Gasteiger partial charge < -0.3 is 29.4 Å². The van der Waals surface area contributed by atoms with Gasteiger partial charge in [0, 0.05) is 49.7 Å². The van der Waals surface area contributed by atoms with E-state index in [0.717, 1.165) is 88.8 Å². The lowest BCUT2D eigenvalue weighted by Crippen LogP contribution is -2.53. The number of imidazole rings is 1. The van der Waals surface area contributed by atoms with E-state index in [1.54, 1.807) is 0 Å². The second-order valence-corrected chi connectivity index (χ2v) is 17.8. The van der Waals surface area contributed by atoms with Crippen molar-refractivity contribution in [2.24, 2.45) is 16.8 Å². The van der Waals surface area contributed by atoms with E-state index in [0.29, 0.717) is 38.5 Å². The number of allylic oxidation sites excluding steroid dienone is 1. The minimum atomic E-state index is -0.672. The van der Waals surface area contributed by atoms with Crippen LogP contribution in [0.3, 0.4) is 0 Å². The molecule has 0 unspecified atom stereocenters. The average Bonchev–Trinajstić information content (AvgIpc) is 4.10. The number of likely N-dealkylation sites (tertiary alicyclic amines) is 2. The van der Waals surface area contributed by atoms with Crippen LogP contribution in [-0.4, -0.2) is 94.2 Å². The number of carbonyl (C=O) groups is 3. The van der Waals surface area contributed by atoms with Gasteiger partial charge in [0.15, 0.2) is 0 Å². The summed E-state index contributed by atoms with van der Waals surface area (Å²) < 4.78 is 16.2. The number of carbonyl (C=O) groups excluding carboxylic acids is 3. The molecule has 4 aliphatic heterocycles. The van der Waals surface area contributed by atoms with E-state index in [2.05, 4.69) is 71.0 Å². The van der Waals surface area contributed by atoms with Crippen LogP contribution < -0.4 is 5.32 Å². The molecule has 3 saturated heterocycles. The molecule has 0 radical (unpaired) electrons. The Bertz CT molecular complexity index is 2300. The number of fused-ring (bicyclic) bond motifs is 3. The summed E-state index contributed by atoms with van der Waals surface area (Å²) in [5.41, 5.74) is 7.04. The Hall–Kier alpha value is -5.49. The van der Waals surface area contributed by atoms with Crippen molar-refractivity contribution in [2.75, 3.05) is 26.9 Å². The Kier molecular flexibility index (Phi) is 10.5. The van der Waals surface area contributed by atoms with E-state index < -0.39 is 17.7 Å². The lowest BCUT2D eigenvalue weighted by molar-refractivity contribution is -0.136. The van der Waals surface area contributed by atoms with E-state index in [1.165, 1.54) is 12.7 Å². The zero-order chi connectivity index (χ0) is 40.8. The summed E-state index contributed by atoms with van der Waals surface area (Å²) in [4.78, 5) is 56.6. The number of methoxy groups -OCH3 is 1. The third kappa shape index (κ3) is 7.87. The highest BCUT2D eigenvalue weighted by Crippen LogP contribution is 2.46. The van der Waals surface area contributed by atoms with Gasteiger partial charge in [-0.2, -0.15) is 0 Å². The predicted octanol–water partition coefficient (Wildman–Crippen LogP) is 8.69. The third-order valence-electron chi connectivity index (χ3n) is 12.9. The van der Waals surface area contributed by atoms with Crippen LogP contribution in [0.5, 0.6) is 0 Å². The van der Waals surface area contributed by atoms with Gasteiger partial charge in [-0.05, 0) is 123 Å². The molecular formula is C47H54N6O6. The first-order valence-corrected chi connectivity index (χ1v) is 21.2. The Morgan fingerprint density at radius 3 is 2.36 bits per heavy atom. The number of ether oxygens (including phenoxy) is 3. The lowest BCUT2D eigenvalue weighted by atomic mass is 9.90. The van der Waals surface area contributed by atoms with Crippen LogP contribution in [0.2, 0.25) is 0 Å². The number of alkyl carbamates (subject to hydrolysis) is 1. The topological polar surface area (TPSA) is 138 Å². The SMILES string of the molecule is COC(=O)N[C@H](C(=O)N1CCC[C@H]1c1ncc(-c2ccc3cc(-c4ccc(C5=CN=C([C@@H]6[C@H]7CC[C@H](C7)N6C(=O)OC(C)(C)C)C5)cc4)ccc3c2)[nH]1)C1CCOCC1. The summed E-state index contributed by atoms with van der Waals surface area (Å²) in [7, 11) is 1.32. The summed E-state index contributed by atoms with van der Waals surface area (Å²) in [6.07, 6.45) is 10.0. The van der Waals surface area contributed by atoms with E-state index in [4.69, 9.17) is 24.2 Å². The van der Waals surface area contributed by atoms with Gasteiger partial charge in [0.2, 0.25) is 5.91 Å². The molecule has 1 aliphatic carbocycles. The fraction of sp³-hybridized carbons (Fsp3) is 0.468. The monoisotopic (exact) mass is 798 g/mol. The van der Waals surface area contributed by atoms with Gasteiger partial charge in [-0.3, -0.25) is 14.7 Å². The van der Waals surface area contributed by atoms with Crippen LogP contribution in [0.1, 0.15) is 89.6 Å². The molecule has 9 rings (SSSR count). The van der Waals surface area contributed by atoms with E-state index in [9.17, 15) is 14.4 Å². The van der Waals surface area contributed by atoms with Crippen molar-refractivity contribution in [3.8, 4) is 22.4 Å². The van der Waals surface area contributed by atoms with Gasteiger partial charge >= 0.3 is 12.2 Å². The number of hydrogen-bond acceptors (Lipinski definition) is 8. The highest BCUT2D eigenvalue weighted by Gasteiger charge is 2.51. The van der Waals surface area contributed by atoms with Crippen LogP contribution in [0.25, 0.3) is 38.7 Å². The Morgan fingerprint density at radius 2 is 1.61 bits per heavy atom. The molecule has 5 heterocycles. The van der Waals surface area contributed by atoms with Crippen molar-refractivity contribution in [1.82, 2.24) is 25.1 Å². The number of aromatic amines is 1. The number of aliphatic imine (C=N–C) groups is 1. The summed E-state index contributed by atoms with van der Waals surface area (Å²) in [6, 6.07) is 21.0. The number of hydrogen-bond donors (Lipinski definition) is 2. The first-order chi connectivity index (χ1) is 28.5. The number of piperidine rings is 1. The van der Waals surface area contributed by atoms with Gasteiger partial charge in [0.05, 0.1) is 31.1 Å². The van der Waals surface area contributed by atoms with Crippen molar-refractivity contribution in [1.29, 1.82) is 0 Å². The fourth-order valence-electron chi connectivity index (χ4n) is 10.0. The van der Waals surface area contributed by atoms with Crippen molar-refractivity contribution in [3.63, 3.8) is 0 Å². The van der Waals surface area contributed by atoms with E-state index in [1.807, 2.05) is 43.0 Å². The first kappa shape index (κ1) is 39.0. The van der Waals surface area contributed by atoms with Gasteiger partial charge in [-0.1, -0.05) is 48.5 Å². The molecule has 4 aromatic rings. The largest absolute Gasteiger partial charge is 0.453 e. The van der Waals surface area contributed by atoms with Crippen LogP contribution in [-0.2, 0) is 19.0 Å². The molecule has 1 saturated carbocycles. The first-order valence-electron chi connectivity index (χ1n) is 21.2. The highest BCUT2D eigenvalue weighted by atomic mass is 16.6. The number of aromatic nitrogens is 2. The maximum absolute atomic E-state index is 14.0. The molecule has 3 amide bonds. The molecule has 308 valence electrons. The fourth-order valence-corrected chi connectivity index (χ4v) is 10.0. The molecular weight excluding hydrogens is 745 g/mol. The second kappa shape index (κ2) is 15.9. The normalized spacial score (nSPS) is 23.7. The molecule has 0 spiro atoms. The summed E-state index contributed by atoms with van der Waals surface area (Å²) >= 11 is 0. The quantitative estimate of drug-likeness (QED) is 0.182. The Balaban J connectivity index is 0.858. The number of benzene rings is 3. The number of nitrogens with zero attached hydrogens (tertiary/aromatic N) is 4. The van der Waals surface area contributed by atoms with Crippen molar-refractivity contribution in [3.05, 3.63) is 84.4 Å². The molecule has 3 aromatic carbocycles. The van der Waals surface area contributed by atoms with Gasteiger partial charge in [0.25, 0.3) is 0 Å². The lowest BCUT2D eigenvalue weighted by Gasteiger charge is -2.36. The smallest absolute Gasteiger partial charge is 0.411 e. The van der Waals surface area contributed by atoms with E-state index >= 15 is 0 Å². The molecule has 12 heteroatoms. The zero-order valence-electron chi connectivity index (χ0n) is 34.4. The van der Waals surface area contributed by atoms with Gasteiger partial charge in [0.1, 0.15) is 17.5 Å². The Morgan fingerprint density at radius 1 is 0.898 bits per heavy atom. The van der Waals surface area contributed by atoms with E-state index in [-0.39, 0.29) is 36.0 Å². The third-order valence-corrected chi connectivity index (χ3v) is 12.9. The standard InChI is InChI=1S/C47H54N6O6/c1-47(2,3)59-46(56)53-37-16-15-35(24-37)42(53)38-25-36(26-48-38)29-9-7-28(8-10-29)31-11-12-33-23-34(14-13-32(33)22-31)39-27-49-43(50-39)40-6-5-19-52(40)44(54)41(51-45(55)57-4)30-17-20-58-21-18-30/h7-14,22-23,26-27,30,35,37,40-42H,5-6,15-21,24-25H2,1-4H3,(H,49,50)(H,51,55)/t35-,37+,40-,41-,42-/m0/s1. The number of rotatable bonds is 8. The predicted molar refractivity (Wildman–Crippen MR) is 227 cm³/mol. The zero-order valence-corrected chi connectivity index (χ0v) is 34.4. The second-order valence-electron chi connectivity index (χ2n) is 17.8. The molecule has 2 bridgehead atoms. The maximum Gasteiger partial charge on any atom is 0.411 e. The number of amides is 3. The summed E-state index contributed by atoms with van der Waals surface area (Å²) in [6.45, 7) is 7.52. The average molecular weight is 799 g/mol. The molecule has 5 atom stereocenters. The van der Waals surface area contributed by atoms with Crippen LogP contribution in [0.4, 0.5) is 9.59 Å². The van der Waals surface area contributed by atoms with Gasteiger partial charge in [-0.25, -0.2) is 14.6 Å². The van der Waals surface area contributed by atoms with Crippen molar-refractivity contribution in [2.45, 2.75) is 102 Å². The maximum atomic E-state index is 14.0. The summed E-state index contributed by atoms with van der Waals surface area (Å²) in [5.74, 6) is 1.08. The molecule has 12 nitrogen and oxygen atoms in total. The molecule has 2 N–H and O–H groups in total. The molecule has 5 aliphatic rings. The van der Waals surface area contributed by atoms with Gasteiger partial charge in [-0.15, -0.1) is 0 Å². The van der Waals surface area contributed by atoms with Crippen LogP contribution >= 0.6 is 0 Å². The Labute approximate surface area is 345 Å². The molecule has 59 heavy (non-hydrogen) atoms. The van der Waals surface area contributed by atoms with Crippen molar-refractivity contribution < 1.29 is 28.6 Å². The highest BCUT2D eigenvalue weighted by molar-refractivity contribution is 6.03. The molecule has 4 fully saturated rings. The minimum Gasteiger partial charge on any atom is -0.453 e. The molecule has 1 aromatic heterocycles. The van der Waals surface area contributed by atoms with Crippen LogP contribution in [0, 0.1) is 11.8 Å². The van der Waals surface area contributed by atoms with Crippen LogP contribution in [0.15, 0.2) is 78.1 Å². The number of H-pyrrole nitrogens is 1. The minimum absolute atomic E-state index is 0.0110. The number of nitrogens with one attached hydrogen (secondary N) is 2.